The summed E-state index contributed by atoms with van der Waals surface area (Å²) in [5.41, 5.74) is 3.60. The van der Waals surface area contributed by atoms with Crippen molar-refractivity contribution in [2.75, 3.05) is 6.54 Å². The molecule has 1 unspecified atom stereocenters. The lowest BCUT2D eigenvalue weighted by Crippen LogP contribution is -2.31. The van der Waals surface area contributed by atoms with Crippen LogP contribution in [0.15, 0.2) is 48.9 Å². The van der Waals surface area contributed by atoms with Gasteiger partial charge in [0.05, 0.1) is 11.6 Å². The maximum absolute atomic E-state index is 12.9. The van der Waals surface area contributed by atoms with Gasteiger partial charge in [-0.05, 0) is 44.0 Å². The van der Waals surface area contributed by atoms with E-state index in [9.17, 15) is 4.79 Å². The number of amides is 1. The van der Waals surface area contributed by atoms with Crippen molar-refractivity contribution in [3.05, 3.63) is 65.9 Å². The summed E-state index contributed by atoms with van der Waals surface area (Å²) in [5.74, 6) is 0.0529. The first-order chi connectivity index (χ1) is 11.2. The predicted octanol–water partition coefficient (Wildman–Crippen LogP) is 3.02. The minimum atomic E-state index is 0.0529. The Labute approximate surface area is 134 Å². The molecule has 4 rings (SSSR count). The van der Waals surface area contributed by atoms with E-state index in [1.54, 1.807) is 12.4 Å². The van der Waals surface area contributed by atoms with Crippen LogP contribution in [-0.2, 0) is 0 Å². The van der Waals surface area contributed by atoms with Gasteiger partial charge in [-0.3, -0.25) is 9.78 Å². The summed E-state index contributed by atoms with van der Waals surface area (Å²) in [6.07, 6.45) is 7.41. The summed E-state index contributed by atoms with van der Waals surface area (Å²) < 4.78 is 2.07. The van der Waals surface area contributed by atoms with Gasteiger partial charge in [0, 0.05) is 36.5 Å². The predicted molar refractivity (Wildman–Crippen MR) is 87.2 cm³/mol. The molecule has 0 radical (unpaired) electrons. The van der Waals surface area contributed by atoms with Crippen molar-refractivity contribution in [3.63, 3.8) is 0 Å². The average molecular weight is 306 g/mol. The molecule has 1 atom stereocenters. The third kappa shape index (κ3) is 2.38. The molecule has 0 bridgehead atoms. The van der Waals surface area contributed by atoms with Crippen LogP contribution in [0.1, 0.15) is 40.6 Å². The van der Waals surface area contributed by atoms with Crippen molar-refractivity contribution >= 4 is 11.6 Å². The number of nitrogens with zero attached hydrogens (tertiary/aromatic N) is 4. The molecule has 4 heterocycles. The molecular formula is C18H18N4O. The zero-order valence-electron chi connectivity index (χ0n) is 13.0. The van der Waals surface area contributed by atoms with E-state index in [0.717, 1.165) is 36.4 Å². The van der Waals surface area contributed by atoms with Crippen molar-refractivity contribution in [1.29, 1.82) is 0 Å². The minimum absolute atomic E-state index is 0.0529. The number of hydrogen-bond acceptors (Lipinski definition) is 3. The molecule has 0 aliphatic carbocycles. The number of aryl methyl sites for hydroxylation is 1. The lowest BCUT2D eigenvalue weighted by atomic mass is 10.1. The van der Waals surface area contributed by atoms with Crippen LogP contribution in [0.4, 0.5) is 0 Å². The summed E-state index contributed by atoms with van der Waals surface area (Å²) in [5, 5.41) is 0. The van der Waals surface area contributed by atoms with Crippen LogP contribution < -0.4 is 0 Å². The molecule has 0 aromatic carbocycles. The number of pyridine rings is 2. The van der Waals surface area contributed by atoms with E-state index in [1.807, 2.05) is 42.3 Å². The number of hydrogen-bond donors (Lipinski definition) is 0. The third-order valence-electron chi connectivity index (χ3n) is 4.47. The highest BCUT2D eigenvalue weighted by atomic mass is 16.2. The summed E-state index contributed by atoms with van der Waals surface area (Å²) in [6.45, 7) is 2.70. The Morgan fingerprint density at radius 2 is 2.13 bits per heavy atom. The molecule has 3 aromatic rings. The molecule has 0 N–H and O–H groups in total. The molecule has 23 heavy (non-hydrogen) atoms. The molecular weight excluding hydrogens is 288 g/mol. The molecule has 1 amide bonds. The smallest absolute Gasteiger partial charge is 0.255 e. The van der Waals surface area contributed by atoms with Gasteiger partial charge in [-0.25, -0.2) is 4.98 Å². The summed E-state index contributed by atoms with van der Waals surface area (Å²) in [4.78, 5) is 23.4. The van der Waals surface area contributed by atoms with Gasteiger partial charge < -0.3 is 9.30 Å². The highest BCUT2D eigenvalue weighted by Gasteiger charge is 2.32. The number of fused-ring (bicyclic) bond motifs is 1. The van der Waals surface area contributed by atoms with Crippen molar-refractivity contribution in [3.8, 4) is 0 Å². The number of imidazole rings is 1. The second kappa shape index (κ2) is 5.50. The first kappa shape index (κ1) is 13.9. The first-order valence-corrected chi connectivity index (χ1v) is 7.89. The molecule has 1 saturated heterocycles. The number of rotatable bonds is 2. The van der Waals surface area contributed by atoms with Crippen LogP contribution in [0.2, 0.25) is 0 Å². The van der Waals surface area contributed by atoms with Crippen LogP contribution in [-0.4, -0.2) is 31.7 Å². The van der Waals surface area contributed by atoms with Gasteiger partial charge in [0.25, 0.3) is 5.91 Å². The third-order valence-corrected chi connectivity index (χ3v) is 4.47. The van der Waals surface area contributed by atoms with E-state index in [2.05, 4.69) is 20.4 Å². The maximum Gasteiger partial charge on any atom is 0.255 e. The van der Waals surface area contributed by atoms with Gasteiger partial charge in [0.2, 0.25) is 0 Å². The van der Waals surface area contributed by atoms with E-state index < -0.39 is 0 Å². The zero-order chi connectivity index (χ0) is 15.8. The zero-order valence-corrected chi connectivity index (χ0v) is 13.0. The molecule has 5 heteroatoms. The van der Waals surface area contributed by atoms with Gasteiger partial charge in [0.1, 0.15) is 5.65 Å². The normalized spacial score (nSPS) is 17.8. The first-order valence-electron chi connectivity index (χ1n) is 7.89. The molecule has 1 aliphatic rings. The quantitative estimate of drug-likeness (QED) is 0.731. The van der Waals surface area contributed by atoms with E-state index in [1.165, 1.54) is 0 Å². The Balaban J connectivity index is 1.70. The molecule has 0 saturated carbocycles. The van der Waals surface area contributed by atoms with Crippen molar-refractivity contribution in [2.24, 2.45) is 0 Å². The average Bonchev–Trinajstić information content (AvgIpc) is 3.23. The molecule has 1 aliphatic heterocycles. The Morgan fingerprint density at radius 3 is 2.96 bits per heavy atom. The fraction of sp³-hybridized carbons (Fsp3) is 0.278. The van der Waals surface area contributed by atoms with Gasteiger partial charge in [-0.15, -0.1) is 0 Å². The van der Waals surface area contributed by atoms with Crippen LogP contribution >= 0.6 is 0 Å². The molecule has 1 fully saturated rings. The maximum atomic E-state index is 12.9. The minimum Gasteiger partial charge on any atom is -0.330 e. The lowest BCUT2D eigenvalue weighted by Gasteiger charge is -2.25. The number of aromatic nitrogens is 3. The number of likely N-dealkylation sites (tertiary alicyclic amines) is 1. The van der Waals surface area contributed by atoms with Crippen molar-refractivity contribution in [1.82, 2.24) is 19.3 Å². The molecule has 116 valence electrons. The number of carbonyl (C=O) groups is 1. The summed E-state index contributed by atoms with van der Waals surface area (Å²) in [6, 6.07) is 9.90. The van der Waals surface area contributed by atoms with E-state index in [0.29, 0.717) is 5.56 Å². The second-order valence-electron chi connectivity index (χ2n) is 5.95. The molecule has 3 aromatic heterocycles. The van der Waals surface area contributed by atoms with E-state index in [4.69, 9.17) is 0 Å². The topological polar surface area (TPSA) is 50.5 Å². The lowest BCUT2D eigenvalue weighted by molar-refractivity contribution is 0.0732. The van der Waals surface area contributed by atoms with Crippen LogP contribution in [0, 0.1) is 6.92 Å². The van der Waals surface area contributed by atoms with Crippen LogP contribution in [0.25, 0.3) is 5.65 Å². The van der Waals surface area contributed by atoms with E-state index >= 15 is 0 Å². The van der Waals surface area contributed by atoms with Gasteiger partial charge >= 0.3 is 0 Å². The van der Waals surface area contributed by atoms with Gasteiger partial charge in [-0.2, -0.15) is 0 Å². The summed E-state index contributed by atoms with van der Waals surface area (Å²) in [7, 11) is 0. The molecule has 0 spiro atoms. The Bertz CT molecular complexity index is 853. The van der Waals surface area contributed by atoms with E-state index in [-0.39, 0.29) is 11.9 Å². The van der Waals surface area contributed by atoms with Gasteiger partial charge in [0.15, 0.2) is 0 Å². The highest BCUT2D eigenvalue weighted by Crippen LogP contribution is 2.33. The number of carbonyl (C=O) groups excluding carboxylic acids is 1. The van der Waals surface area contributed by atoms with Crippen molar-refractivity contribution in [2.45, 2.75) is 25.8 Å². The van der Waals surface area contributed by atoms with Crippen molar-refractivity contribution < 1.29 is 4.79 Å². The monoisotopic (exact) mass is 306 g/mol. The Kier molecular flexibility index (Phi) is 3.33. The van der Waals surface area contributed by atoms with Gasteiger partial charge in [-0.1, -0.05) is 6.07 Å². The molecule has 5 nitrogen and oxygen atoms in total. The largest absolute Gasteiger partial charge is 0.330 e. The highest BCUT2D eigenvalue weighted by molar-refractivity contribution is 5.94. The fourth-order valence-corrected chi connectivity index (χ4v) is 3.32. The second-order valence-corrected chi connectivity index (χ2v) is 5.95. The van der Waals surface area contributed by atoms with Crippen LogP contribution in [0.3, 0.4) is 0 Å². The Hall–Kier alpha value is -2.69. The summed E-state index contributed by atoms with van der Waals surface area (Å²) >= 11 is 0. The SMILES string of the molecule is Cc1ccc(C(=O)N2CCCC2c2cccc3nccn23)cn1. The Morgan fingerprint density at radius 1 is 1.22 bits per heavy atom. The standard InChI is InChI=1S/C18H18N4O/c1-13-7-8-14(12-20-13)18(23)22-10-3-5-16(22)15-4-2-6-17-19-9-11-21(15)17/h2,4,6-9,11-12,16H,3,5,10H2,1H3. The fourth-order valence-electron chi connectivity index (χ4n) is 3.32. The van der Waals surface area contributed by atoms with Crippen LogP contribution in [0.5, 0.6) is 0 Å².